The van der Waals surface area contributed by atoms with Crippen molar-refractivity contribution in [2.24, 2.45) is 11.8 Å². The number of unbranched alkanes of at least 4 members (excludes halogenated alkanes) is 28. The van der Waals surface area contributed by atoms with E-state index in [0.29, 0.717) is 19.3 Å². The molecule has 0 aromatic carbocycles. The van der Waals surface area contributed by atoms with Crippen LogP contribution in [0.4, 0.5) is 0 Å². The van der Waals surface area contributed by atoms with Gasteiger partial charge in [-0.05, 0) is 31.1 Å². The van der Waals surface area contributed by atoms with Gasteiger partial charge in [-0.1, -0.05) is 227 Å². The zero-order valence-electron chi connectivity index (χ0n) is 37.6. The minimum atomic E-state index is -0.760. The topological polar surface area (TPSA) is 78.9 Å². The number of carbonyl (C=O) groups is 3. The summed E-state index contributed by atoms with van der Waals surface area (Å²) in [6, 6.07) is 0. The molecule has 0 saturated heterocycles. The highest BCUT2D eigenvalue weighted by Gasteiger charge is 2.19. The first kappa shape index (κ1) is 53.4. The molecular weight excluding hydrogens is 685 g/mol. The van der Waals surface area contributed by atoms with E-state index >= 15 is 0 Å². The molecule has 55 heavy (non-hydrogen) atoms. The van der Waals surface area contributed by atoms with Gasteiger partial charge in [-0.15, -0.1) is 0 Å². The molecule has 0 N–H and O–H groups in total. The highest BCUT2D eigenvalue weighted by Crippen LogP contribution is 2.17. The Morgan fingerprint density at radius 2 is 0.600 bits per heavy atom. The number of hydrogen-bond acceptors (Lipinski definition) is 6. The maximum absolute atomic E-state index is 12.7. The molecule has 0 amide bonds. The highest BCUT2D eigenvalue weighted by molar-refractivity contribution is 5.71. The molecule has 0 aromatic heterocycles. The standard InChI is InChI=1S/C49H94O6/c1-6-7-8-9-22-29-34-39-47(50)53-42-46(43-54-48(51)40-35-30-26-25-28-33-38-45(4)5)55-49(52)41-36-31-24-21-19-17-15-13-11-10-12-14-16-18-20-23-27-32-37-44(2)3/h44-46H,6-43H2,1-5H3/t46-/m1/s1. The fraction of sp³-hybridized carbons (Fsp3) is 0.939. The summed E-state index contributed by atoms with van der Waals surface area (Å²) < 4.78 is 16.7. The zero-order chi connectivity index (χ0) is 40.5. The van der Waals surface area contributed by atoms with Gasteiger partial charge in [0.1, 0.15) is 13.2 Å². The molecule has 326 valence electrons. The first-order valence-electron chi connectivity index (χ1n) is 24.2. The monoisotopic (exact) mass is 779 g/mol. The van der Waals surface area contributed by atoms with E-state index in [0.717, 1.165) is 69.6 Å². The molecule has 0 unspecified atom stereocenters. The van der Waals surface area contributed by atoms with Gasteiger partial charge >= 0.3 is 17.9 Å². The summed E-state index contributed by atoms with van der Waals surface area (Å²) in [5.74, 6) is 0.757. The molecule has 6 nitrogen and oxygen atoms in total. The lowest BCUT2D eigenvalue weighted by molar-refractivity contribution is -0.167. The molecular formula is C49H94O6. The molecule has 6 heteroatoms. The van der Waals surface area contributed by atoms with Crippen LogP contribution >= 0.6 is 0 Å². The van der Waals surface area contributed by atoms with Gasteiger partial charge < -0.3 is 14.2 Å². The maximum Gasteiger partial charge on any atom is 0.306 e. The predicted octanol–water partition coefficient (Wildman–Crippen LogP) is 15.4. The van der Waals surface area contributed by atoms with Crippen molar-refractivity contribution >= 4 is 17.9 Å². The average molecular weight is 779 g/mol. The Morgan fingerprint density at radius 3 is 0.891 bits per heavy atom. The average Bonchev–Trinajstić information content (AvgIpc) is 3.15. The highest BCUT2D eigenvalue weighted by atomic mass is 16.6. The molecule has 0 bridgehead atoms. The summed E-state index contributed by atoms with van der Waals surface area (Å²) in [7, 11) is 0. The van der Waals surface area contributed by atoms with Gasteiger partial charge in [0, 0.05) is 19.3 Å². The largest absolute Gasteiger partial charge is 0.462 e. The third-order valence-corrected chi connectivity index (χ3v) is 11.0. The molecule has 0 radical (unpaired) electrons. The summed E-state index contributed by atoms with van der Waals surface area (Å²) in [5.41, 5.74) is 0. The zero-order valence-corrected chi connectivity index (χ0v) is 37.6. The predicted molar refractivity (Wildman–Crippen MR) is 233 cm³/mol. The van der Waals surface area contributed by atoms with Crippen molar-refractivity contribution in [3.05, 3.63) is 0 Å². The fourth-order valence-electron chi connectivity index (χ4n) is 7.28. The quantitative estimate of drug-likeness (QED) is 0.0348. The van der Waals surface area contributed by atoms with E-state index in [9.17, 15) is 14.4 Å². The van der Waals surface area contributed by atoms with E-state index in [-0.39, 0.29) is 31.1 Å². The fourth-order valence-corrected chi connectivity index (χ4v) is 7.28. The van der Waals surface area contributed by atoms with Crippen LogP contribution in [0.15, 0.2) is 0 Å². The van der Waals surface area contributed by atoms with Crippen LogP contribution in [-0.4, -0.2) is 37.2 Å². The maximum atomic E-state index is 12.7. The number of esters is 3. The second-order valence-electron chi connectivity index (χ2n) is 17.7. The minimum absolute atomic E-state index is 0.0660. The summed E-state index contributed by atoms with van der Waals surface area (Å²) in [5, 5.41) is 0. The van der Waals surface area contributed by atoms with Crippen LogP contribution in [0, 0.1) is 11.8 Å². The van der Waals surface area contributed by atoms with Gasteiger partial charge in [-0.25, -0.2) is 0 Å². The summed E-state index contributed by atoms with van der Waals surface area (Å²) in [6.45, 7) is 11.3. The van der Waals surface area contributed by atoms with Crippen LogP contribution in [0.1, 0.15) is 266 Å². The van der Waals surface area contributed by atoms with Crippen LogP contribution in [0.5, 0.6) is 0 Å². The van der Waals surface area contributed by atoms with Crippen molar-refractivity contribution in [3.63, 3.8) is 0 Å². The van der Waals surface area contributed by atoms with Gasteiger partial charge in [0.2, 0.25) is 0 Å². The molecule has 0 aliphatic carbocycles. The smallest absolute Gasteiger partial charge is 0.306 e. The minimum Gasteiger partial charge on any atom is -0.462 e. The van der Waals surface area contributed by atoms with Crippen molar-refractivity contribution in [3.8, 4) is 0 Å². The lowest BCUT2D eigenvalue weighted by Crippen LogP contribution is -2.30. The third-order valence-electron chi connectivity index (χ3n) is 11.0. The Labute approximate surface area is 342 Å². The molecule has 0 aromatic rings. The number of ether oxygens (including phenoxy) is 3. The van der Waals surface area contributed by atoms with Crippen LogP contribution < -0.4 is 0 Å². The van der Waals surface area contributed by atoms with Gasteiger partial charge in [0.15, 0.2) is 6.10 Å². The second kappa shape index (κ2) is 42.0. The van der Waals surface area contributed by atoms with Gasteiger partial charge in [-0.2, -0.15) is 0 Å². The van der Waals surface area contributed by atoms with Gasteiger partial charge in [0.25, 0.3) is 0 Å². The van der Waals surface area contributed by atoms with Crippen molar-refractivity contribution in [2.45, 2.75) is 272 Å². The summed E-state index contributed by atoms with van der Waals surface area (Å²) in [4.78, 5) is 37.6. The Bertz CT molecular complexity index is 839. The van der Waals surface area contributed by atoms with E-state index in [1.165, 1.54) is 154 Å². The molecule has 0 spiro atoms. The van der Waals surface area contributed by atoms with E-state index in [2.05, 4.69) is 34.6 Å². The normalized spacial score (nSPS) is 12.1. The lowest BCUT2D eigenvalue weighted by atomic mass is 10.0. The van der Waals surface area contributed by atoms with Crippen molar-refractivity contribution < 1.29 is 28.6 Å². The lowest BCUT2D eigenvalue weighted by Gasteiger charge is -2.18. The Morgan fingerprint density at radius 1 is 0.345 bits per heavy atom. The SMILES string of the molecule is CCCCCCCCCC(=O)OC[C@H](COC(=O)CCCCCCCCC(C)C)OC(=O)CCCCCCCCCCCCCCCCCCCCC(C)C. The third kappa shape index (κ3) is 43.4. The van der Waals surface area contributed by atoms with Crippen LogP contribution in [-0.2, 0) is 28.6 Å². The van der Waals surface area contributed by atoms with E-state index in [4.69, 9.17) is 14.2 Å². The first-order valence-corrected chi connectivity index (χ1v) is 24.2. The van der Waals surface area contributed by atoms with Crippen LogP contribution in [0.3, 0.4) is 0 Å². The van der Waals surface area contributed by atoms with Crippen molar-refractivity contribution in [2.75, 3.05) is 13.2 Å². The molecule has 0 heterocycles. The van der Waals surface area contributed by atoms with Crippen molar-refractivity contribution in [1.82, 2.24) is 0 Å². The van der Waals surface area contributed by atoms with Gasteiger partial charge in [-0.3, -0.25) is 14.4 Å². The molecule has 1 atom stereocenters. The van der Waals surface area contributed by atoms with Crippen LogP contribution in [0.25, 0.3) is 0 Å². The van der Waals surface area contributed by atoms with E-state index in [1.807, 2.05) is 0 Å². The molecule has 0 rings (SSSR count). The Hall–Kier alpha value is -1.59. The molecule has 0 fully saturated rings. The van der Waals surface area contributed by atoms with Crippen molar-refractivity contribution in [1.29, 1.82) is 0 Å². The second-order valence-corrected chi connectivity index (χ2v) is 17.7. The molecule has 0 aliphatic rings. The summed E-state index contributed by atoms with van der Waals surface area (Å²) >= 11 is 0. The van der Waals surface area contributed by atoms with E-state index < -0.39 is 6.10 Å². The number of hydrogen-bond donors (Lipinski definition) is 0. The first-order chi connectivity index (χ1) is 26.7. The van der Waals surface area contributed by atoms with Gasteiger partial charge in [0.05, 0.1) is 0 Å². The Balaban J connectivity index is 4.12. The van der Waals surface area contributed by atoms with Crippen LogP contribution in [0.2, 0.25) is 0 Å². The molecule has 0 aliphatic heterocycles. The number of rotatable bonds is 43. The molecule has 0 saturated carbocycles. The Kier molecular flexibility index (Phi) is 40.8. The summed E-state index contributed by atoms with van der Waals surface area (Å²) in [6.07, 6.45) is 41.2. The number of carbonyl (C=O) groups excluding carboxylic acids is 3. The van der Waals surface area contributed by atoms with E-state index in [1.54, 1.807) is 0 Å².